The number of amides is 2. The molecule has 6 heteroatoms. The van der Waals surface area contributed by atoms with Crippen LogP contribution in [-0.4, -0.2) is 36.2 Å². The van der Waals surface area contributed by atoms with Crippen molar-refractivity contribution >= 4 is 6.03 Å². The van der Waals surface area contributed by atoms with Gasteiger partial charge in [-0.3, -0.25) is 0 Å². The van der Waals surface area contributed by atoms with Gasteiger partial charge in [0, 0.05) is 12.6 Å². The maximum absolute atomic E-state index is 11.8. The van der Waals surface area contributed by atoms with E-state index < -0.39 is 18.8 Å². The van der Waals surface area contributed by atoms with E-state index in [1.165, 1.54) is 4.90 Å². The second-order valence-electron chi connectivity index (χ2n) is 3.46. The van der Waals surface area contributed by atoms with Crippen LogP contribution in [0.4, 0.5) is 18.0 Å². The van der Waals surface area contributed by atoms with E-state index in [0.717, 1.165) is 12.8 Å². The van der Waals surface area contributed by atoms with E-state index in [-0.39, 0.29) is 6.04 Å². The molecule has 0 radical (unpaired) electrons. The minimum Gasteiger partial charge on any atom is -0.329 e. The maximum Gasteiger partial charge on any atom is 0.405 e. The van der Waals surface area contributed by atoms with E-state index in [1.807, 2.05) is 12.2 Å². The van der Waals surface area contributed by atoms with Crippen molar-refractivity contribution in [3.63, 3.8) is 0 Å². The molecule has 82 valence electrons. The molecule has 1 fully saturated rings. The normalized spacial score (nSPS) is 22.6. The number of hydrogen-bond acceptors (Lipinski definition) is 1. The van der Waals surface area contributed by atoms with Gasteiger partial charge in [-0.1, -0.05) is 0 Å². The molecule has 1 rings (SSSR count). The summed E-state index contributed by atoms with van der Waals surface area (Å²) in [6.07, 6.45) is -2.61. The number of carbonyl (C=O) groups is 1. The van der Waals surface area contributed by atoms with Crippen molar-refractivity contribution in [3.05, 3.63) is 0 Å². The fourth-order valence-electron chi connectivity index (χ4n) is 1.51. The number of halogens is 3. The van der Waals surface area contributed by atoms with Crippen molar-refractivity contribution in [2.75, 3.05) is 13.1 Å². The number of hydrogen-bond donors (Lipinski definition) is 1. The first kappa shape index (κ1) is 11.1. The smallest absolute Gasteiger partial charge is 0.329 e. The van der Waals surface area contributed by atoms with Gasteiger partial charge in [-0.05, 0) is 19.8 Å². The lowest BCUT2D eigenvalue weighted by Gasteiger charge is -2.22. The Morgan fingerprint density at radius 2 is 2.21 bits per heavy atom. The van der Waals surface area contributed by atoms with E-state index in [1.54, 1.807) is 0 Å². The third-order valence-electron chi connectivity index (χ3n) is 2.25. The molecule has 1 aliphatic rings. The lowest BCUT2D eigenvalue weighted by molar-refractivity contribution is -0.123. The van der Waals surface area contributed by atoms with Gasteiger partial charge in [0.15, 0.2) is 0 Å². The molecular formula is C8H13F3N2O. The minimum atomic E-state index is -4.33. The van der Waals surface area contributed by atoms with Crippen LogP contribution in [0.2, 0.25) is 0 Å². The number of nitrogens with zero attached hydrogens (tertiary/aromatic N) is 1. The highest BCUT2D eigenvalue weighted by molar-refractivity contribution is 5.74. The van der Waals surface area contributed by atoms with Crippen molar-refractivity contribution in [1.29, 1.82) is 0 Å². The number of carbonyl (C=O) groups excluding carboxylic acids is 1. The van der Waals surface area contributed by atoms with Gasteiger partial charge in [0.2, 0.25) is 0 Å². The van der Waals surface area contributed by atoms with Crippen LogP contribution in [0.15, 0.2) is 0 Å². The summed E-state index contributed by atoms with van der Waals surface area (Å²) in [5, 5.41) is 1.86. The third-order valence-corrected chi connectivity index (χ3v) is 2.25. The predicted molar refractivity (Wildman–Crippen MR) is 44.9 cm³/mol. The van der Waals surface area contributed by atoms with Crippen LogP contribution in [0.5, 0.6) is 0 Å². The summed E-state index contributed by atoms with van der Waals surface area (Å²) in [7, 11) is 0. The first-order valence-electron chi connectivity index (χ1n) is 4.51. The number of nitrogens with one attached hydrogen (secondary N) is 1. The molecule has 0 aliphatic carbocycles. The van der Waals surface area contributed by atoms with Gasteiger partial charge in [-0.15, -0.1) is 0 Å². The van der Waals surface area contributed by atoms with Crippen molar-refractivity contribution in [3.8, 4) is 0 Å². The first-order chi connectivity index (χ1) is 6.40. The first-order valence-corrected chi connectivity index (χ1v) is 4.51. The zero-order valence-corrected chi connectivity index (χ0v) is 7.90. The topological polar surface area (TPSA) is 32.3 Å². The fraction of sp³-hybridized carbons (Fsp3) is 0.875. The van der Waals surface area contributed by atoms with Gasteiger partial charge in [0.1, 0.15) is 6.54 Å². The average molecular weight is 210 g/mol. The zero-order valence-electron chi connectivity index (χ0n) is 7.90. The molecule has 3 nitrogen and oxygen atoms in total. The molecule has 0 aromatic rings. The summed E-state index contributed by atoms with van der Waals surface area (Å²) in [5.41, 5.74) is 0. The van der Waals surface area contributed by atoms with Crippen LogP contribution in [0.25, 0.3) is 0 Å². The Morgan fingerprint density at radius 3 is 2.64 bits per heavy atom. The van der Waals surface area contributed by atoms with E-state index in [9.17, 15) is 18.0 Å². The summed E-state index contributed by atoms with van der Waals surface area (Å²) in [6.45, 7) is 1.13. The van der Waals surface area contributed by atoms with Gasteiger partial charge in [-0.2, -0.15) is 13.2 Å². The molecule has 1 heterocycles. The van der Waals surface area contributed by atoms with Gasteiger partial charge in [-0.25, -0.2) is 4.79 Å². The second-order valence-corrected chi connectivity index (χ2v) is 3.46. The van der Waals surface area contributed by atoms with Crippen molar-refractivity contribution < 1.29 is 18.0 Å². The van der Waals surface area contributed by atoms with E-state index in [0.29, 0.717) is 6.54 Å². The summed E-state index contributed by atoms with van der Waals surface area (Å²) in [6, 6.07) is -0.574. The average Bonchev–Trinajstić information content (AvgIpc) is 2.46. The zero-order chi connectivity index (χ0) is 10.8. The van der Waals surface area contributed by atoms with Crippen molar-refractivity contribution in [2.45, 2.75) is 32.0 Å². The fourth-order valence-corrected chi connectivity index (χ4v) is 1.51. The van der Waals surface area contributed by atoms with Gasteiger partial charge >= 0.3 is 12.2 Å². The Labute approximate surface area is 80.3 Å². The molecule has 1 aliphatic heterocycles. The van der Waals surface area contributed by atoms with Gasteiger partial charge in [0.05, 0.1) is 0 Å². The number of likely N-dealkylation sites (tertiary alicyclic amines) is 1. The number of rotatable bonds is 1. The third kappa shape index (κ3) is 3.08. The highest BCUT2D eigenvalue weighted by Gasteiger charge is 2.31. The second kappa shape index (κ2) is 4.06. The number of alkyl halides is 3. The van der Waals surface area contributed by atoms with Crippen LogP contribution >= 0.6 is 0 Å². The molecule has 1 unspecified atom stereocenters. The Balaban J connectivity index is 2.35. The molecule has 1 N–H and O–H groups in total. The Kier molecular flexibility index (Phi) is 3.23. The van der Waals surface area contributed by atoms with Crippen LogP contribution < -0.4 is 5.32 Å². The van der Waals surface area contributed by atoms with E-state index >= 15 is 0 Å². The Hall–Kier alpha value is -0.940. The molecule has 0 bridgehead atoms. The summed E-state index contributed by atoms with van der Waals surface area (Å²) >= 11 is 0. The number of urea groups is 1. The molecule has 1 saturated heterocycles. The van der Waals surface area contributed by atoms with Crippen molar-refractivity contribution in [1.82, 2.24) is 10.2 Å². The summed E-state index contributed by atoms with van der Waals surface area (Å²) < 4.78 is 35.3. The molecule has 0 aromatic heterocycles. The van der Waals surface area contributed by atoms with Crippen LogP contribution in [0.1, 0.15) is 19.8 Å². The highest BCUT2D eigenvalue weighted by Crippen LogP contribution is 2.17. The lowest BCUT2D eigenvalue weighted by Crippen LogP contribution is -2.44. The Morgan fingerprint density at radius 1 is 1.57 bits per heavy atom. The quantitative estimate of drug-likeness (QED) is 0.702. The monoisotopic (exact) mass is 210 g/mol. The lowest BCUT2D eigenvalue weighted by atomic mass is 10.2. The molecule has 14 heavy (non-hydrogen) atoms. The highest BCUT2D eigenvalue weighted by atomic mass is 19.4. The molecule has 0 aromatic carbocycles. The van der Waals surface area contributed by atoms with E-state index in [4.69, 9.17) is 0 Å². The van der Waals surface area contributed by atoms with Crippen LogP contribution in [-0.2, 0) is 0 Å². The minimum absolute atomic E-state index is 0.0447. The summed E-state index contributed by atoms with van der Waals surface area (Å²) in [4.78, 5) is 12.7. The molecule has 1 atom stereocenters. The largest absolute Gasteiger partial charge is 0.405 e. The van der Waals surface area contributed by atoms with Crippen LogP contribution in [0, 0.1) is 0 Å². The Bertz CT molecular complexity index is 217. The summed E-state index contributed by atoms with van der Waals surface area (Å²) in [5.74, 6) is 0. The molecule has 2 amide bonds. The molecular weight excluding hydrogens is 197 g/mol. The maximum atomic E-state index is 11.8. The van der Waals surface area contributed by atoms with Crippen LogP contribution in [0.3, 0.4) is 0 Å². The standard InChI is InChI=1S/C8H13F3N2O/c1-6-3-2-4-13(6)7(14)12-5-8(9,10)11/h6H,2-5H2,1H3,(H,12,14). The van der Waals surface area contributed by atoms with Gasteiger partial charge in [0.25, 0.3) is 0 Å². The van der Waals surface area contributed by atoms with E-state index in [2.05, 4.69) is 0 Å². The van der Waals surface area contributed by atoms with Crippen molar-refractivity contribution in [2.24, 2.45) is 0 Å². The SMILES string of the molecule is CC1CCCN1C(=O)NCC(F)(F)F. The molecule has 0 spiro atoms. The molecule has 0 saturated carbocycles. The van der Waals surface area contributed by atoms with Gasteiger partial charge < -0.3 is 10.2 Å². The predicted octanol–water partition coefficient (Wildman–Crippen LogP) is 1.74.